The molecule has 5 heteroatoms. The first-order valence-corrected chi connectivity index (χ1v) is 5.64. The van der Waals surface area contributed by atoms with Crippen LogP contribution in [0.5, 0.6) is 0 Å². The predicted octanol–water partition coefficient (Wildman–Crippen LogP) is 1.55. The number of ether oxygens (including phenoxy) is 2. The minimum atomic E-state index is -0.448. The van der Waals surface area contributed by atoms with E-state index < -0.39 is 5.60 Å². The quantitative estimate of drug-likeness (QED) is 0.645. The highest BCUT2D eigenvalue weighted by molar-refractivity contribution is 7.81. The molecule has 1 amide bonds. The molecule has 88 valence electrons. The van der Waals surface area contributed by atoms with Crippen molar-refractivity contribution in [1.82, 2.24) is 4.90 Å². The van der Waals surface area contributed by atoms with E-state index in [1.165, 1.54) is 0 Å². The summed E-state index contributed by atoms with van der Waals surface area (Å²) in [6.07, 6.45) is -0.285. The smallest absolute Gasteiger partial charge is 0.410 e. The zero-order chi connectivity index (χ0) is 11.5. The fourth-order valence-corrected chi connectivity index (χ4v) is 1.59. The van der Waals surface area contributed by atoms with E-state index in [0.717, 1.165) is 0 Å². The Kier molecular flexibility index (Phi) is 4.28. The third kappa shape index (κ3) is 4.75. The molecule has 1 heterocycles. The molecule has 0 bridgehead atoms. The minimum Gasteiger partial charge on any atom is -0.444 e. The summed E-state index contributed by atoms with van der Waals surface area (Å²) in [7, 11) is 0. The number of amides is 1. The zero-order valence-electron chi connectivity index (χ0n) is 9.52. The van der Waals surface area contributed by atoms with E-state index >= 15 is 0 Å². The van der Waals surface area contributed by atoms with E-state index in [0.29, 0.717) is 26.3 Å². The molecule has 1 atom stereocenters. The van der Waals surface area contributed by atoms with Crippen LogP contribution in [-0.4, -0.2) is 48.1 Å². The monoisotopic (exact) mass is 233 g/mol. The van der Waals surface area contributed by atoms with Crippen molar-refractivity contribution in [3.63, 3.8) is 0 Å². The van der Waals surface area contributed by atoms with E-state index in [9.17, 15) is 4.79 Å². The second-order valence-corrected chi connectivity index (χ2v) is 5.39. The molecule has 1 aliphatic rings. The van der Waals surface area contributed by atoms with Gasteiger partial charge in [-0.15, -0.1) is 0 Å². The predicted molar refractivity (Wildman–Crippen MR) is 61.4 cm³/mol. The summed E-state index contributed by atoms with van der Waals surface area (Å²) in [5.74, 6) is 0. The van der Waals surface area contributed by atoms with Crippen LogP contribution in [0.2, 0.25) is 0 Å². The molecule has 1 fully saturated rings. The lowest BCUT2D eigenvalue weighted by Crippen LogP contribution is -2.40. The van der Waals surface area contributed by atoms with E-state index in [1.807, 2.05) is 20.8 Å². The average Bonchev–Trinajstić information content (AvgIpc) is 2.26. The summed E-state index contributed by atoms with van der Waals surface area (Å²) in [4.78, 5) is 13.4. The maximum atomic E-state index is 11.7. The topological polar surface area (TPSA) is 38.8 Å². The lowest BCUT2D eigenvalue weighted by atomic mass is 10.2. The number of hydrogen-bond acceptors (Lipinski definition) is 4. The van der Waals surface area contributed by atoms with Crippen LogP contribution >= 0.6 is 12.6 Å². The van der Waals surface area contributed by atoms with Gasteiger partial charge in [0, 0.05) is 18.3 Å². The summed E-state index contributed by atoms with van der Waals surface area (Å²) < 4.78 is 10.6. The van der Waals surface area contributed by atoms with Crippen molar-refractivity contribution >= 4 is 18.7 Å². The van der Waals surface area contributed by atoms with Crippen molar-refractivity contribution in [2.24, 2.45) is 0 Å². The summed E-state index contributed by atoms with van der Waals surface area (Å²) in [6.45, 7) is 7.87. The van der Waals surface area contributed by atoms with Crippen molar-refractivity contribution in [3.8, 4) is 0 Å². The SMILES string of the molecule is CC(C)(C)OC(=O)N1CCOCC(S)C1. The lowest BCUT2D eigenvalue weighted by Gasteiger charge is -2.26. The van der Waals surface area contributed by atoms with E-state index in [2.05, 4.69) is 12.6 Å². The standard InChI is InChI=1S/C10H19NO3S/c1-10(2,3)14-9(12)11-4-5-13-7-8(15)6-11/h8,15H,4-7H2,1-3H3. The Morgan fingerprint density at radius 1 is 1.53 bits per heavy atom. The number of carbonyl (C=O) groups excluding carboxylic acids is 1. The van der Waals surface area contributed by atoms with E-state index in [-0.39, 0.29) is 11.3 Å². The average molecular weight is 233 g/mol. The molecule has 0 radical (unpaired) electrons. The van der Waals surface area contributed by atoms with Crippen LogP contribution < -0.4 is 0 Å². The highest BCUT2D eigenvalue weighted by Crippen LogP contribution is 2.12. The molecular formula is C10H19NO3S. The molecule has 1 saturated heterocycles. The van der Waals surface area contributed by atoms with Crippen LogP contribution in [0.1, 0.15) is 20.8 Å². The van der Waals surface area contributed by atoms with Crippen molar-refractivity contribution in [2.45, 2.75) is 31.6 Å². The van der Waals surface area contributed by atoms with Gasteiger partial charge in [0.05, 0.1) is 13.2 Å². The largest absolute Gasteiger partial charge is 0.444 e. The van der Waals surface area contributed by atoms with Crippen LogP contribution in [0, 0.1) is 0 Å². The van der Waals surface area contributed by atoms with Gasteiger partial charge in [0.25, 0.3) is 0 Å². The molecule has 4 nitrogen and oxygen atoms in total. The molecular weight excluding hydrogens is 214 g/mol. The van der Waals surface area contributed by atoms with Gasteiger partial charge in [-0.2, -0.15) is 12.6 Å². The molecule has 0 aromatic heterocycles. The molecule has 0 spiro atoms. The number of nitrogens with zero attached hydrogens (tertiary/aromatic N) is 1. The summed E-state index contributed by atoms with van der Waals surface area (Å²) >= 11 is 4.32. The number of thiol groups is 1. The molecule has 15 heavy (non-hydrogen) atoms. The van der Waals surface area contributed by atoms with E-state index in [4.69, 9.17) is 9.47 Å². The second-order valence-electron chi connectivity index (χ2n) is 4.66. The first kappa shape index (κ1) is 12.6. The van der Waals surface area contributed by atoms with Crippen molar-refractivity contribution in [1.29, 1.82) is 0 Å². The Balaban J connectivity index is 2.50. The van der Waals surface area contributed by atoms with Crippen molar-refractivity contribution in [3.05, 3.63) is 0 Å². The molecule has 1 rings (SSSR count). The highest BCUT2D eigenvalue weighted by Gasteiger charge is 2.25. The first-order valence-electron chi connectivity index (χ1n) is 5.12. The Labute approximate surface area is 96.3 Å². The lowest BCUT2D eigenvalue weighted by molar-refractivity contribution is 0.0245. The van der Waals surface area contributed by atoms with Crippen molar-refractivity contribution < 1.29 is 14.3 Å². The number of carbonyl (C=O) groups is 1. The normalized spacial score (nSPS) is 23.5. The maximum Gasteiger partial charge on any atom is 0.410 e. The summed E-state index contributed by atoms with van der Waals surface area (Å²) in [6, 6.07) is 0. The zero-order valence-corrected chi connectivity index (χ0v) is 10.4. The van der Waals surface area contributed by atoms with Gasteiger partial charge < -0.3 is 14.4 Å². The third-order valence-corrected chi connectivity index (χ3v) is 2.21. The molecule has 0 aromatic carbocycles. The van der Waals surface area contributed by atoms with Gasteiger partial charge in [-0.05, 0) is 20.8 Å². The Morgan fingerprint density at radius 3 is 2.80 bits per heavy atom. The van der Waals surface area contributed by atoms with Gasteiger partial charge in [0.2, 0.25) is 0 Å². The van der Waals surface area contributed by atoms with Crippen LogP contribution in [0.3, 0.4) is 0 Å². The highest BCUT2D eigenvalue weighted by atomic mass is 32.1. The fraction of sp³-hybridized carbons (Fsp3) is 0.900. The van der Waals surface area contributed by atoms with Gasteiger partial charge in [-0.1, -0.05) is 0 Å². The van der Waals surface area contributed by atoms with Crippen molar-refractivity contribution in [2.75, 3.05) is 26.3 Å². The summed E-state index contributed by atoms with van der Waals surface area (Å²) in [5, 5.41) is 0.0695. The molecule has 0 aliphatic carbocycles. The first-order chi connectivity index (χ1) is 6.88. The van der Waals surface area contributed by atoms with E-state index in [1.54, 1.807) is 4.90 Å². The van der Waals surface area contributed by atoms with Crippen LogP contribution in [-0.2, 0) is 9.47 Å². The molecule has 0 saturated carbocycles. The van der Waals surface area contributed by atoms with Gasteiger partial charge >= 0.3 is 6.09 Å². The second kappa shape index (κ2) is 5.07. The molecule has 0 aromatic rings. The fourth-order valence-electron chi connectivity index (χ4n) is 1.28. The van der Waals surface area contributed by atoms with Crippen LogP contribution in [0.15, 0.2) is 0 Å². The number of rotatable bonds is 0. The number of hydrogen-bond donors (Lipinski definition) is 1. The molecule has 0 N–H and O–H groups in total. The van der Waals surface area contributed by atoms with Gasteiger partial charge in [-0.3, -0.25) is 0 Å². The van der Waals surface area contributed by atoms with Gasteiger partial charge in [0.15, 0.2) is 0 Å². The summed E-state index contributed by atoms with van der Waals surface area (Å²) in [5.41, 5.74) is -0.448. The van der Waals surface area contributed by atoms with Gasteiger partial charge in [0.1, 0.15) is 5.60 Å². The molecule has 1 aliphatic heterocycles. The minimum absolute atomic E-state index is 0.0695. The third-order valence-electron chi connectivity index (χ3n) is 1.90. The van der Waals surface area contributed by atoms with Crippen LogP contribution in [0.4, 0.5) is 4.79 Å². The Bertz CT molecular complexity index is 227. The molecule has 1 unspecified atom stereocenters. The van der Waals surface area contributed by atoms with Crippen LogP contribution in [0.25, 0.3) is 0 Å². The maximum absolute atomic E-state index is 11.7. The Hall–Kier alpha value is -0.420. The van der Waals surface area contributed by atoms with Gasteiger partial charge in [-0.25, -0.2) is 4.79 Å². The Morgan fingerprint density at radius 2 is 2.20 bits per heavy atom.